The van der Waals surface area contributed by atoms with E-state index in [0.29, 0.717) is 22.6 Å². The Hall–Kier alpha value is -5.17. The summed E-state index contributed by atoms with van der Waals surface area (Å²) >= 11 is 0. The molecule has 0 aliphatic rings. The first-order valence-corrected chi connectivity index (χ1v) is 10.1. The Kier molecular flexibility index (Phi) is 7.77. The van der Waals surface area contributed by atoms with Crippen LogP contribution in [0.1, 0.15) is 21.5 Å². The third-order valence-corrected chi connectivity index (χ3v) is 4.75. The predicted molar refractivity (Wildman–Crippen MR) is 126 cm³/mol. The molecule has 176 valence electrons. The lowest BCUT2D eigenvalue weighted by atomic mass is 10.1. The maximum atomic E-state index is 12.5. The number of carbonyl (C=O) groups excluding carboxylic acids is 1. The summed E-state index contributed by atoms with van der Waals surface area (Å²) in [5.41, 5.74) is 1.05. The van der Waals surface area contributed by atoms with Crippen molar-refractivity contribution < 1.29 is 29.1 Å². The number of nitrogens with one attached hydrogen (secondary N) is 1. The number of nitriles is 1. The molecule has 1 amide bonds. The van der Waals surface area contributed by atoms with Crippen molar-refractivity contribution in [1.29, 1.82) is 5.26 Å². The number of methoxy groups -OCH3 is 1. The highest BCUT2D eigenvalue weighted by Crippen LogP contribution is 2.30. The summed E-state index contributed by atoms with van der Waals surface area (Å²) in [4.78, 5) is 34.1. The molecule has 0 aliphatic heterocycles. The normalized spacial score (nSPS) is 10.7. The third kappa shape index (κ3) is 6.43. The standard InChI is InChI=1S/C25H19N3O7/c1-34-23-12-16(8-9-22(23)35-15-17-4-2-7-21(11-17)28(32)33)10-19(14-26)24(29)27-20-6-3-5-18(13-20)25(30)31/h2-13H,15H2,1H3,(H,27,29)(H,30,31)/b19-10-. The molecule has 3 rings (SSSR count). The van der Waals surface area contributed by atoms with Crippen molar-refractivity contribution in [2.45, 2.75) is 6.61 Å². The Morgan fingerprint density at radius 2 is 1.89 bits per heavy atom. The highest BCUT2D eigenvalue weighted by molar-refractivity contribution is 6.10. The molecule has 0 aliphatic carbocycles. The maximum absolute atomic E-state index is 12.5. The van der Waals surface area contributed by atoms with Crippen molar-refractivity contribution in [3.8, 4) is 17.6 Å². The number of hydrogen-bond acceptors (Lipinski definition) is 7. The fourth-order valence-corrected chi connectivity index (χ4v) is 3.06. The molecular formula is C25H19N3O7. The van der Waals surface area contributed by atoms with Crippen LogP contribution in [-0.4, -0.2) is 29.0 Å². The van der Waals surface area contributed by atoms with Crippen LogP contribution in [0, 0.1) is 21.4 Å². The molecule has 0 saturated heterocycles. The van der Waals surface area contributed by atoms with Gasteiger partial charge in [0, 0.05) is 17.8 Å². The minimum atomic E-state index is -1.14. The molecule has 10 heteroatoms. The highest BCUT2D eigenvalue weighted by Gasteiger charge is 2.13. The Balaban J connectivity index is 1.76. The fourth-order valence-electron chi connectivity index (χ4n) is 3.06. The zero-order valence-corrected chi connectivity index (χ0v) is 18.4. The minimum Gasteiger partial charge on any atom is -0.493 e. The van der Waals surface area contributed by atoms with Crippen LogP contribution in [0.3, 0.4) is 0 Å². The summed E-state index contributed by atoms with van der Waals surface area (Å²) in [6.07, 6.45) is 1.35. The van der Waals surface area contributed by atoms with Gasteiger partial charge >= 0.3 is 5.97 Å². The molecule has 0 bridgehead atoms. The molecule has 0 unspecified atom stereocenters. The van der Waals surface area contributed by atoms with Crippen LogP contribution in [0.25, 0.3) is 6.08 Å². The molecule has 0 saturated carbocycles. The van der Waals surface area contributed by atoms with Gasteiger partial charge in [-0.1, -0.05) is 24.3 Å². The van der Waals surface area contributed by atoms with E-state index in [4.69, 9.17) is 14.6 Å². The van der Waals surface area contributed by atoms with Crippen molar-refractivity contribution in [2.24, 2.45) is 0 Å². The van der Waals surface area contributed by atoms with Crippen molar-refractivity contribution in [2.75, 3.05) is 12.4 Å². The van der Waals surface area contributed by atoms with E-state index < -0.39 is 16.8 Å². The topological polar surface area (TPSA) is 152 Å². The molecule has 0 fully saturated rings. The molecule has 0 radical (unpaired) electrons. The number of carboxylic acids is 1. The number of carbonyl (C=O) groups is 2. The van der Waals surface area contributed by atoms with Gasteiger partial charge in [0.05, 0.1) is 17.6 Å². The number of nitro groups is 1. The minimum absolute atomic E-state index is 0.00396. The van der Waals surface area contributed by atoms with E-state index in [0.717, 1.165) is 0 Å². The first-order chi connectivity index (χ1) is 16.8. The average Bonchev–Trinajstić information content (AvgIpc) is 2.86. The Morgan fingerprint density at radius 1 is 1.11 bits per heavy atom. The summed E-state index contributed by atoms with van der Waals surface area (Å²) < 4.78 is 11.1. The van der Waals surface area contributed by atoms with Gasteiger partial charge in [-0.05, 0) is 47.5 Å². The summed E-state index contributed by atoms with van der Waals surface area (Å²) in [6.45, 7) is 0.0640. The Labute approximate surface area is 199 Å². The molecule has 0 atom stereocenters. The van der Waals surface area contributed by atoms with E-state index in [1.165, 1.54) is 49.6 Å². The molecule has 35 heavy (non-hydrogen) atoms. The van der Waals surface area contributed by atoms with E-state index in [-0.39, 0.29) is 29.1 Å². The Morgan fingerprint density at radius 3 is 2.57 bits per heavy atom. The van der Waals surface area contributed by atoms with Crippen LogP contribution in [0.15, 0.2) is 72.3 Å². The lowest BCUT2D eigenvalue weighted by molar-refractivity contribution is -0.384. The number of amides is 1. The molecule has 3 aromatic carbocycles. The molecule has 0 aromatic heterocycles. The van der Waals surface area contributed by atoms with E-state index in [9.17, 15) is 25.0 Å². The smallest absolute Gasteiger partial charge is 0.335 e. The van der Waals surface area contributed by atoms with Crippen molar-refractivity contribution in [3.63, 3.8) is 0 Å². The van der Waals surface area contributed by atoms with Crippen LogP contribution >= 0.6 is 0 Å². The van der Waals surface area contributed by atoms with Crippen LogP contribution < -0.4 is 14.8 Å². The number of aromatic carboxylic acids is 1. The number of non-ortho nitro benzene ring substituents is 1. The molecule has 3 aromatic rings. The molecule has 2 N–H and O–H groups in total. The highest BCUT2D eigenvalue weighted by atomic mass is 16.6. The zero-order chi connectivity index (χ0) is 25.4. The summed E-state index contributed by atoms with van der Waals surface area (Å²) in [6, 6.07) is 18.3. The van der Waals surface area contributed by atoms with Gasteiger partial charge < -0.3 is 19.9 Å². The largest absolute Gasteiger partial charge is 0.493 e. The number of ether oxygens (including phenoxy) is 2. The first-order valence-electron chi connectivity index (χ1n) is 10.1. The second kappa shape index (κ2) is 11.1. The number of nitro benzene ring substituents is 1. The molecule has 10 nitrogen and oxygen atoms in total. The van der Waals surface area contributed by atoms with Crippen LogP contribution in [0.2, 0.25) is 0 Å². The maximum Gasteiger partial charge on any atom is 0.335 e. The van der Waals surface area contributed by atoms with Gasteiger partial charge in [-0.3, -0.25) is 14.9 Å². The number of rotatable bonds is 9. The lowest BCUT2D eigenvalue weighted by Gasteiger charge is -2.12. The first kappa shape index (κ1) is 24.5. The number of anilines is 1. The quantitative estimate of drug-likeness (QED) is 0.200. The number of carboxylic acid groups (broad SMARTS) is 1. The third-order valence-electron chi connectivity index (χ3n) is 4.75. The van der Waals surface area contributed by atoms with Crippen molar-refractivity contribution in [3.05, 3.63) is 99.1 Å². The Bertz CT molecular complexity index is 1360. The average molecular weight is 473 g/mol. The van der Waals surface area contributed by atoms with Gasteiger partial charge in [-0.15, -0.1) is 0 Å². The van der Waals surface area contributed by atoms with Gasteiger partial charge in [0.2, 0.25) is 0 Å². The SMILES string of the molecule is COc1cc(/C=C(/C#N)C(=O)Nc2cccc(C(=O)O)c2)ccc1OCc1cccc([N+](=O)[O-])c1. The van der Waals surface area contributed by atoms with Gasteiger partial charge in [-0.2, -0.15) is 5.26 Å². The van der Waals surface area contributed by atoms with E-state index in [1.807, 2.05) is 6.07 Å². The van der Waals surface area contributed by atoms with E-state index in [2.05, 4.69) is 5.32 Å². The van der Waals surface area contributed by atoms with E-state index >= 15 is 0 Å². The van der Waals surface area contributed by atoms with Crippen LogP contribution in [0.4, 0.5) is 11.4 Å². The van der Waals surface area contributed by atoms with Crippen molar-refractivity contribution >= 4 is 29.3 Å². The monoisotopic (exact) mass is 473 g/mol. The zero-order valence-electron chi connectivity index (χ0n) is 18.4. The molecule has 0 spiro atoms. The van der Waals surface area contributed by atoms with Crippen molar-refractivity contribution in [1.82, 2.24) is 0 Å². The van der Waals surface area contributed by atoms with E-state index in [1.54, 1.807) is 30.3 Å². The van der Waals surface area contributed by atoms with Gasteiger partial charge in [0.15, 0.2) is 11.5 Å². The lowest BCUT2D eigenvalue weighted by Crippen LogP contribution is -2.14. The van der Waals surface area contributed by atoms with Crippen LogP contribution in [0.5, 0.6) is 11.5 Å². The van der Waals surface area contributed by atoms with Gasteiger partial charge in [0.25, 0.3) is 11.6 Å². The second-order valence-corrected chi connectivity index (χ2v) is 7.14. The number of hydrogen-bond donors (Lipinski definition) is 2. The van der Waals surface area contributed by atoms with Gasteiger partial charge in [-0.25, -0.2) is 4.79 Å². The molecular weight excluding hydrogens is 454 g/mol. The fraction of sp³-hybridized carbons (Fsp3) is 0.0800. The summed E-state index contributed by atoms with van der Waals surface area (Å²) in [5, 5.41) is 32.0. The molecule has 0 heterocycles. The van der Waals surface area contributed by atoms with Crippen LogP contribution in [-0.2, 0) is 11.4 Å². The summed E-state index contributed by atoms with van der Waals surface area (Å²) in [7, 11) is 1.43. The van der Waals surface area contributed by atoms with Gasteiger partial charge in [0.1, 0.15) is 18.2 Å². The predicted octanol–water partition coefficient (Wildman–Crippen LogP) is 4.43. The summed E-state index contributed by atoms with van der Waals surface area (Å²) in [5.74, 6) is -1.15. The second-order valence-electron chi connectivity index (χ2n) is 7.14. The number of benzene rings is 3. The number of nitrogens with zero attached hydrogens (tertiary/aromatic N) is 2.